The molecule has 4 fully saturated rings. The fraction of sp³-hybridized carbons (Fsp3) is 0.879. The Hall–Kier alpha value is -2.46. The Bertz CT molecular complexity index is 1420. The molecule has 2 amide bonds. The van der Waals surface area contributed by atoms with Crippen molar-refractivity contribution in [3.05, 3.63) is 0 Å². The molecule has 0 aliphatic carbocycles. The molecule has 0 saturated carbocycles. The van der Waals surface area contributed by atoms with Crippen LogP contribution in [0.15, 0.2) is 0 Å². The van der Waals surface area contributed by atoms with Crippen molar-refractivity contribution in [2.24, 2.45) is 11.8 Å². The third-order valence-electron chi connectivity index (χ3n) is 11.1. The maximum atomic E-state index is 13.2. The number of hydrogen-bond donors (Lipinski definition) is 4. The largest absolute Gasteiger partial charge is 0.469 e. The summed E-state index contributed by atoms with van der Waals surface area (Å²) >= 11 is 0. The highest BCUT2D eigenvalue weighted by atomic mass is 32.2. The van der Waals surface area contributed by atoms with E-state index in [9.17, 15) is 36.0 Å². The third kappa shape index (κ3) is 11.1. The van der Waals surface area contributed by atoms with Crippen LogP contribution >= 0.6 is 0 Å². The number of carbonyl (C=O) groups is 4. The van der Waals surface area contributed by atoms with Gasteiger partial charge < -0.3 is 18.9 Å². The average Bonchev–Trinajstić information content (AvgIpc) is 3.19. The molecule has 0 spiro atoms. The van der Waals surface area contributed by atoms with Crippen molar-refractivity contribution in [1.82, 2.24) is 19.6 Å². The number of rotatable bonds is 15. The predicted octanol–water partition coefficient (Wildman–Crippen LogP) is 1.24. The Kier molecular flexibility index (Phi) is 17.8. The number of nitrogens with zero attached hydrogens (tertiary/aromatic N) is 2. The van der Waals surface area contributed by atoms with Crippen LogP contribution in [-0.2, 0) is 58.2 Å². The van der Waals surface area contributed by atoms with Gasteiger partial charge in [-0.05, 0) is 56.8 Å². The standard InChI is InChI=1S/C17H30N2O7S.C16H28N2O7S/c1-25-15(20)5-3-2-4-14-6-10-19(11-7-14)27(23,24)17(16(21)18-22)8-12-26-13-9-17;1-24-14(19)4-2-3-13-5-9-18(10-6-13)26(22,23)16(15(20)17-21)7-11-25-12-8-16/h14,22H,2-13H2,1H3,(H,18,21);13,21H,2-12H2,1H3,(H,17,20). The molecule has 0 atom stereocenters. The highest BCUT2D eigenvalue weighted by molar-refractivity contribution is 7.91. The van der Waals surface area contributed by atoms with E-state index in [2.05, 4.69) is 9.47 Å². The van der Waals surface area contributed by atoms with E-state index in [1.165, 1.54) is 33.8 Å². The zero-order chi connectivity index (χ0) is 39.1. The summed E-state index contributed by atoms with van der Waals surface area (Å²) in [5, 5.41) is 18.1. The van der Waals surface area contributed by atoms with Gasteiger partial charge in [-0.1, -0.05) is 12.8 Å². The van der Waals surface area contributed by atoms with Crippen molar-refractivity contribution in [2.75, 3.05) is 66.8 Å². The first-order valence-electron chi connectivity index (χ1n) is 18.4. The normalized spacial score (nSPS) is 21.7. The molecule has 0 radical (unpaired) electrons. The SMILES string of the molecule is COC(=O)CCCC1CCN(S(=O)(=O)C2(C(=O)NO)CCOCC2)CC1.COC(=O)CCCCC1CCN(S(=O)(=O)C2(C(=O)NO)CCOCC2)CC1. The highest BCUT2D eigenvalue weighted by Crippen LogP contribution is 2.37. The Labute approximate surface area is 312 Å². The number of carbonyl (C=O) groups excluding carboxylic acids is 4. The lowest BCUT2D eigenvalue weighted by molar-refractivity contribution is -0.141. The Balaban J connectivity index is 0.000000286. The Morgan fingerprint density at radius 2 is 0.962 bits per heavy atom. The summed E-state index contributed by atoms with van der Waals surface area (Å²) in [6, 6.07) is 0. The molecule has 4 rings (SSSR count). The van der Waals surface area contributed by atoms with Gasteiger partial charge in [-0.2, -0.15) is 0 Å². The Morgan fingerprint density at radius 1 is 0.623 bits per heavy atom. The number of amides is 2. The lowest BCUT2D eigenvalue weighted by Crippen LogP contribution is -2.60. The molecule has 0 bridgehead atoms. The maximum absolute atomic E-state index is 13.2. The van der Waals surface area contributed by atoms with Crippen LogP contribution in [0.4, 0.5) is 0 Å². The number of esters is 2. The summed E-state index contributed by atoms with van der Waals surface area (Å²) in [6.45, 7) is 2.08. The molecule has 0 unspecified atom stereocenters. The molecule has 0 aromatic heterocycles. The van der Waals surface area contributed by atoms with Gasteiger partial charge in [-0.15, -0.1) is 0 Å². The smallest absolute Gasteiger partial charge is 0.305 e. The van der Waals surface area contributed by atoms with Crippen LogP contribution in [0.3, 0.4) is 0 Å². The number of nitrogens with one attached hydrogen (secondary N) is 2. The fourth-order valence-corrected chi connectivity index (χ4v) is 11.9. The number of piperidine rings is 2. The number of unbranched alkanes of at least 4 members (excludes halogenated alkanes) is 1. The van der Waals surface area contributed by atoms with E-state index in [4.69, 9.17) is 19.9 Å². The summed E-state index contributed by atoms with van der Waals surface area (Å²) in [7, 11) is -5.08. The summed E-state index contributed by atoms with van der Waals surface area (Å²) in [4.78, 5) is 46.7. The molecular formula is C33H58N4O14S2. The van der Waals surface area contributed by atoms with Gasteiger partial charge in [0.05, 0.1) is 14.2 Å². The van der Waals surface area contributed by atoms with Crippen molar-refractivity contribution >= 4 is 43.8 Å². The minimum absolute atomic E-state index is 0.0286. The summed E-state index contributed by atoms with van der Waals surface area (Å²) in [6.07, 6.45) is 7.92. The van der Waals surface area contributed by atoms with Gasteiger partial charge in [-0.25, -0.2) is 36.4 Å². The van der Waals surface area contributed by atoms with Crippen LogP contribution < -0.4 is 11.0 Å². The van der Waals surface area contributed by atoms with E-state index in [1.54, 1.807) is 0 Å². The van der Waals surface area contributed by atoms with E-state index in [-0.39, 0.29) is 64.0 Å². The van der Waals surface area contributed by atoms with Gasteiger partial charge >= 0.3 is 11.9 Å². The number of hydroxylamine groups is 2. The zero-order valence-electron chi connectivity index (χ0n) is 30.9. The van der Waals surface area contributed by atoms with Gasteiger partial charge in [0.1, 0.15) is 0 Å². The minimum Gasteiger partial charge on any atom is -0.469 e. The predicted molar refractivity (Wildman–Crippen MR) is 188 cm³/mol. The van der Waals surface area contributed by atoms with Crippen molar-refractivity contribution < 1.29 is 65.4 Å². The van der Waals surface area contributed by atoms with Crippen LogP contribution in [0, 0.1) is 11.8 Å². The van der Waals surface area contributed by atoms with Gasteiger partial charge in [0.15, 0.2) is 9.49 Å². The number of hydrogen-bond acceptors (Lipinski definition) is 14. The summed E-state index contributed by atoms with van der Waals surface area (Å²) < 4.78 is 71.8. The van der Waals surface area contributed by atoms with E-state index in [1.807, 2.05) is 0 Å². The van der Waals surface area contributed by atoms with Crippen molar-refractivity contribution in [1.29, 1.82) is 0 Å². The van der Waals surface area contributed by atoms with Crippen molar-refractivity contribution in [2.45, 2.75) is 106 Å². The van der Waals surface area contributed by atoms with E-state index in [0.717, 1.165) is 44.9 Å². The lowest BCUT2D eigenvalue weighted by Gasteiger charge is -2.40. The highest BCUT2D eigenvalue weighted by Gasteiger charge is 2.55. The van der Waals surface area contributed by atoms with Crippen LogP contribution in [0.1, 0.15) is 96.3 Å². The third-order valence-corrected chi connectivity index (χ3v) is 16.4. The second kappa shape index (κ2) is 21.0. The zero-order valence-corrected chi connectivity index (χ0v) is 32.6. The summed E-state index contributed by atoms with van der Waals surface area (Å²) in [5.41, 5.74) is 3.07. The number of methoxy groups -OCH3 is 2. The first-order chi connectivity index (χ1) is 25.2. The Morgan fingerprint density at radius 3 is 1.30 bits per heavy atom. The molecular weight excluding hydrogens is 741 g/mol. The van der Waals surface area contributed by atoms with Crippen LogP contribution in [0.25, 0.3) is 0 Å². The molecule has 306 valence electrons. The maximum Gasteiger partial charge on any atom is 0.305 e. The molecule has 4 saturated heterocycles. The molecule has 4 aliphatic rings. The lowest BCUT2D eigenvalue weighted by atomic mass is 9.92. The first kappa shape index (κ1) is 44.9. The van der Waals surface area contributed by atoms with Gasteiger partial charge in [0.25, 0.3) is 11.8 Å². The number of ether oxygens (including phenoxy) is 4. The summed E-state index contributed by atoms with van der Waals surface area (Å²) in [5.74, 6) is -1.45. The fourth-order valence-electron chi connectivity index (χ4n) is 7.62. The molecule has 0 aromatic carbocycles. The average molecular weight is 799 g/mol. The van der Waals surface area contributed by atoms with Crippen LogP contribution in [0.5, 0.6) is 0 Å². The van der Waals surface area contributed by atoms with Gasteiger partial charge in [0, 0.05) is 91.1 Å². The molecule has 18 nitrogen and oxygen atoms in total. The first-order valence-corrected chi connectivity index (χ1v) is 21.3. The topological polar surface area (TPSA) is 244 Å². The second-order valence-electron chi connectivity index (χ2n) is 14.1. The minimum atomic E-state index is -3.91. The van der Waals surface area contributed by atoms with Crippen molar-refractivity contribution in [3.8, 4) is 0 Å². The van der Waals surface area contributed by atoms with Crippen LogP contribution in [-0.4, -0.2) is 136 Å². The van der Waals surface area contributed by atoms with Gasteiger partial charge in [0.2, 0.25) is 20.0 Å². The van der Waals surface area contributed by atoms with E-state index >= 15 is 0 Å². The van der Waals surface area contributed by atoms with Gasteiger partial charge in [-0.3, -0.25) is 29.6 Å². The molecule has 4 N–H and O–H groups in total. The quantitative estimate of drug-likeness (QED) is 0.0789. The van der Waals surface area contributed by atoms with Crippen LogP contribution in [0.2, 0.25) is 0 Å². The van der Waals surface area contributed by atoms with Crippen molar-refractivity contribution in [3.63, 3.8) is 0 Å². The van der Waals surface area contributed by atoms with E-state index < -0.39 is 41.4 Å². The molecule has 20 heteroatoms. The molecule has 53 heavy (non-hydrogen) atoms. The second-order valence-corrected chi connectivity index (χ2v) is 18.6. The molecule has 4 aliphatic heterocycles. The monoisotopic (exact) mass is 798 g/mol. The number of sulfonamides is 2. The molecule has 4 heterocycles. The van der Waals surface area contributed by atoms with E-state index in [0.29, 0.717) is 63.7 Å². The molecule has 0 aromatic rings.